The molecule has 0 saturated carbocycles. The Morgan fingerprint density at radius 2 is 1.64 bits per heavy atom. The second-order valence-electron chi connectivity index (χ2n) is 10.3. The number of anilines is 1. The minimum absolute atomic E-state index is 0.0305. The van der Waals surface area contributed by atoms with Crippen molar-refractivity contribution >= 4 is 33.2 Å². The Morgan fingerprint density at radius 1 is 0.976 bits per heavy atom. The number of nitro benzene ring substituents is 1. The monoisotopic (exact) mass is 594 g/mol. The lowest BCUT2D eigenvalue weighted by atomic mass is 10.0. The molecule has 224 valence electrons. The van der Waals surface area contributed by atoms with Crippen LogP contribution in [-0.4, -0.2) is 55.4 Å². The Hall–Kier alpha value is -4.25. The first-order chi connectivity index (χ1) is 19.9. The normalized spacial score (nSPS) is 11.9. The summed E-state index contributed by atoms with van der Waals surface area (Å²) in [7, 11) is -4.05. The van der Waals surface area contributed by atoms with Crippen molar-refractivity contribution in [3.8, 4) is 0 Å². The van der Waals surface area contributed by atoms with E-state index >= 15 is 0 Å². The van der Waals surface area contributed by atoms with Crippen molar-refractivity contribution in [1.29, 1.82) is 0 Å². The number of carbonyl (C=O) groups is 2. The zero-order valence-corrected chi connectivity index (χ0v) is 25.3. The van der Waals surface area contributed by atoms with Crippen LogP contribution in [0.15, 0.2) is 72.8 Å². The Labute approximate surface area is 247 Å². The number of non-ortho nitro benzene ring substituents is 1. The van der Waals surface area contributed by atoms with E-state index in [9.17, 15) is 28.1 Å². The molecule has 0 spiro atoms. The predicted molar refractivity (Wildman–Crippen MR) is 164 cm³/mol. The summed E-state index contributed by atoms with van der Waals surface area (Å²) in [5.74, 6) is -0.951. The Morgan fingerprint density at radius 3 is 2.26 bits per heavy atom. The van der Waals surface area contributed by atoms with E-state index in [-0.39, 0.29) is 30.2 Å². The molecule has 11 heteroatoms. The van der Waals surface area contributed by atoms with Gasteiger partial charge in [0.15, 0.2) is 0 Å². The highest BCUT2D eigenvalue weighted by Gasteiger charge is 2.33. The van der Waals surface area contributed by atoms with E-state index < -0.39 is 33.4 Å². The highest BCUT2D eigenvalue weighted by Crippen LogP contribution is 2.28. The molecule has 3 aromatic rings. The fourth-order valence-corrected chi connectivity index (χ4v) is 5.50. The van der Waals surface area contributed by atoms with Gasteiger partial charge in [0.1, 0.15) is 12.6 Å². The number of carbonyl (C=O) groups excluding carboxylic acids is 2. The van der Waals surface area contributed by atoms with E-state index in [0.29, 0.717) is 12.1 Å². The molecule has 0 saturated heterocycles. The molecule has 0 aromatic heterocycles. The van der Waals surface area contributed by atoms with Crippen LogP contribution in [0.4, 0.5) is 11.4 Å². The summed E-state index contributed by atoms with van der Waals surface area (Å²) < 4.78 is 26.9. The predicted octanol–water partition coefficient (Wildman–Crippen LogP) is 4.53. The molecule has 0 radical (unpaired) electrons. The van der Waals surface area contributed by atoms with Crippen LogP contribution in [0.2, 0.25) is 0 Å². The van der Waals surface area contributed by atoms with Gasteiger partial charge in [0.05, 0.1) is 16.9 Å². The number of nitrogens with one attached hydrogen (secondary N) is 1. The summed E-state index contributed by atoms with van der Waals surface area (Å²) in [4.78, 5) is 40.1. The third-order valence-corrected chi connectivity index (χ3v) is 8.18. The van der Waals surface area contributed by atoms with Crippen molar-refractivity contribution in [2.75, 3.05) is 23.7 Å². The lowest BCUT2D eigenvalue weighted by Crippen LogP contribution is -2.53. The van der Waals surface area contributed by atoms with E-state index in [1.54, 1.807) is 6.92 Å². The molecule has 0 fully saturated rings. The number of hydrogen-bond donors (Lipinski definition) is 1. The van der Waals surface area contributed by atoms with Crippen molar-refractivity contribution in [3.05, 3.63) is 105 Å². The first kappa shape index (κ1) is 32.3. The average molecular weight is 595 g/mol. The molecule has 3 aromatic carbocycles. The first-order valence-corrected chi connectivity index (χ1v) is 15.7. The van der Waals surface area contributed by atoms with Gasteiger partial charge in [0.2, 0.25) is 21.8 Å². The Bertz CT molecular complexity index is 1510. The van der Waals surface area contributed by atoms with Gasteiger partial charge >= 0.3 is 0 Å². The van der Waals surface area contributed by atoms with Crippen LogP contribution >= 0.6 is 0 Å². The van der Waals surface area contributed by atoms with Gasteiger partial charge in [-0.05, 0) is 42.5 Å². The number of hydrogen-bond acceptors (Lipinski definition) is 6. The fourth-order valence-electron chi connectivity index (χ4n) is 4.61. The molecular formula is C31H38N4O6S. The third-order valence-electron chi connectivity index (χ3n) is 7.05. The molecule has 0 heterocycles. The number of nitro groups is 1. The maximum Gasteiger partial charge on any atom is 0.271 e. The van der Waals surface area contributed by atoms with Gasteiger partial charge in [-0.15, -0.1) is 0 Å². The van der Waals surface area contributed by atoms with Crippen LogP contribution < -0.4 is 9.62 Å². The molecule has 1 atom stereocenters. The number of benzene rings is 3. The zero-order valence-electron chi connectivity index (χ0n) is 24.4. The average Bonchev–Trinajstić information content (AvgIpc) is 2.94. The first-order valence-electron chi connectivity index (χ1n) is 13.8. The van der Waals surface area contributed by atoms with Gasteiger partial charge in [-0.3, -0.25) is 24.0 Å². The maximum atomic E-state index is 14.2. The summed E-state index contributed by atoms with van der Waals surface area (Å²) in [6.07, 6.45) is 2.80. The topological polar surface area (TPSA) is 130 Å². The second kappa shape index (κ2) is 14.6. The van der Waals surface area contributed by atoms with Gasteiger partial charge in [0.25, 0.3) is 5.69 Å². The highest BCUT2D eigenvalue weighted by atomic mass is 32.2. The number of rotatable bonds is 14. The molecule has 10 nitrogen and oxygen atoms in total. The summed E-state index contributed by atoms with van der Waals surface area (Å²) >= 11 is 0. The van der Waals surface area contributed by atoms with Gasteiger partial charge in [-0.2, -0.15) is 0 Å². The molecule has 0 aliphatic rings. The molecule has 0 aliphatic heterocycles. The fraction of sp³-hybridized carbons (Fsp3) is 0.355. The van der Waals surface area contributed by atoms with E-state index in [2.05, 4.69) is 5.32 Å². The van der Waals surface area contributed by atoms with Crippen molar-refractivity contribution < 1.29 is 22.9 Å². The second-order valence-corrected chi connectivity index (χ2v) is 12.2. The Kier molecular flexibility index (Phi) is 11.2. The summed E-state index contributed by atoms with van der Waals surface area (Å²) in [6, 6.07) is 19.7. The summed E-state index contributed by atoms with van der Waals surface area (Å²) in [5.41, 5.74) is 2.73. The van der Waals surface area contributed by atoms with E-state index in [1.165, 1.54) is 17.0 Å². The molecule has 0 unspecified atom stereocenters. The van der Waals surface area contributed by atoms with Crippen LogP contribution in [-0.2, 0) is 32.6 Å². The number of unbranched alkanes of at least 4 members (excludes halogenated alkanes) is 1. The van der Waals surface area contributed by atoms with Crippen molar-refractivity contribution in [3.63, 3.8) is 0 Å². The van der Waals surface area contributed by atoms with Crippen LogP contribution in [0, 0.1) is 24.0 Å². The quantitative estimate of drug-likeness (QED) is 0.166. The van der Waals surface area contributed by atoms with E-state index in [0.717, 1.165) is 46.2 Å². The SMILES string of the molecule is CCCCNC(=O)[C@H](Cc1ccccc1)N(Cc1ccccc1C)C(=O)CN(c1cc([N+](=O)[O-])ccc1C)S(C)(=O)=O. The van der Waals surface area contributed by atoms with Crippen LogP contribution in [0.3, 0.4) is 0 Å². The zero-order chi connectivity index (χ0) is 30.9. The highest BCUT2D eigenvalue weighted by molar-refractivity contribution is 7.92. The van der Waals surface area contributed by atoms with Gasteiger partial charge in [-0.1, -0.05) is 74.0 Å². The number of amides is 2. The van der Waals surface area contributed by atoms with Crippen molar-refractivity contribution in [2.24, 2.45) is 0 Å². The lowest BCUT2D eigenvalue weighted by molar-refractivity contribution is -0.384. The molecule has 42 heavy (non-hydrogen) atoms. The molecule has 3 rings (SSSR count). The van der Waals surface area contributed by atoms with Gasteiger partial charge in [0, 0.05) is 31.6 Å². The van der Waals surface area contributed by atoms with Crippen molar-refractivity contribution in [2.45, 2.75) is 52.6 Å². The van der Waals surface area contributed by atoms with E-state index in [4.69, 9.17) is 0 Å². The number of nitrogens with zero attached hydrogens (tertiary/aromatic N) is 3. The van der Waals surface area contributed by atoms with Gasteiger partial charge < -0.3 is 10.2 Å². The smallest absolute Gasteiger partial charge is 0.271 e. The van der Waals surface area contributed by atoms with Crippen LogP contribution in [0.5, 0.6) is 0 Å². The minimum Gasteiger partial charge on any atom is -0.354 e. The van der Waals surface area contributed by atoms with Gasteiger partial charge in [-0.25, -0.2) is 8.42 Å². The van der Waals surface area contributed by atoms with Crippen molar-refractivity contribution in [1.82, 2.24) is 10.2 Å². The molecule has 1 N–H and O–H groups in total. The molecule has 0 aliphatic carbocycles. The summed E-state index contributed by atoms with van der Waals surface area (Å²) in [6.45, 7) is 5.40. The van der Waals surface area contributed by atoms with Crippen LogP contribution in [0.25, 0.3) is 0 Å². The Balaban J connectivity index is 2.10. The van der Waals surface area contributed by atoms with Crippen LogP contribution in [0.1, 0.15) is 42.0 Å². The molecule has 2 amide bonds. The summed E-state index contributed by atoms with van der Waals surface area (Å²) in [5, 5.41) is 14.4. The third kappa shape index (κ3) is 8.62. The number of sulfonamides is 1. The lowest BCUT2D eigenvalue weighted by Gasteiger charge is -2.34. The standard InChI is InChI=1S/C31H38N4O6S/c1-5-6-18-32-31(37)29(19-25-13-8-7-9-14-25)33(21-26-15-11-10-12-23(26)2)30(36)22-34(42(4,40)41)28-20-27(35(38)39)17-16-24(28)3/h7-17,20,29H,5-6,18-19,21-22H2,1-4H3,(H,32,37)/t29-/m0/s1. The minimum atomic E-state index is -4.05. The number of aryl methyl sites for hydroxylation is 2. The maximum absolute atomic E-state index is 14.2. The molecule has 0 bridgehead atoms. The van der Waals surface area contributed by atoms with E-state index in [1.807, 2.05) is 68.4 Å². The molecular weight excluding hydrogens is 556 g/mol. The largest absolute Gasteiger partial charge is 0.354 e.